The quantitative estimate of drug-likeness (QED) is 0.543. The third-order valence-corrected chi connectivity index (χ3v) is 8.36. The molecular weight excluding hydrogens is 461 g/mol. The van der Waals surface area contributed by atoms with E-state index in [0.29, 0.717) is 36.2 Å². The van der Waals surface area contributed by atoms with Crippen LogP contribution in [-0.4, -0.2) is 77.2 Å². The molecule has 2 saturated heterocycles. The Bertz CT molecular complexity index is 1370. The summed E-state index contributed by atoms with van der Waals surface area (Å²) in [7, 11) is 0.989. The van der Waals surface area contributed by atoms with Crippen LogP contribution in [-0.2, 0) is 17.7 Å². The van der Waals surface area contributed by atoms with Gasteiger partial charge in [-0.25, -0.2) is 0 Å². The van der Waals surface area contributed by atoms with E-state index in [2.05, 4.69) is 69.2 Å². The van der Waals surface area contributed by atoms with Crippen molar-refractivity contribution in [2.45, 2.75) is 57.4 Å². The van der Waals surface area contributed by atoms with Gasteiger partial charge in [-0.15, -0.1) is 0 Å². The Balaban J connectivity index is 1.17. The Morgan fingerprint density at radius 1 is 1.14 bits per heavy atom. The van der Waals surface area contributed by atoms with E-state index in [9.17, 15) is 9.97 Å². The molecule has 8 nitrogen and oxygen atoms in total. The molecule has 9 heteroatoms. The fraction of sp³-hybridized carbons (Fsp3) is 0.464. The molecule has 188 valence electrons. The molecular formula is C28H32BN7O. The van der Waals surface area contributed by atoms with Gasteiger partial charge in [0.1, 0.15) is 6.07 Å². The van der Waals surface area contributed by atoms with Gasteiger partial charge in [-0.05, 0) is 31.2 Å². The van der Waals surface area contributed by atoms with Crippen molar-refractivity contribution in [3.63, 3.8) is 0 Å². The summed E-state index contributed by atoms with van der Waals surface area (Å²) >= 11 is 0. The molecule has 3 aliphatic rings. The molecule has 6 rings (SSSR count). The van der Waals surface area contributed by atoms with Crippen molar-refractivity contribution in [2.24, 2.45) is 0 Å². The topological polar surface area (TPSA) is 88.4 Å². The van der Waals surface area contributed by atoms with Gasteiger partial charge < -0.3 is 4.90 Å². The molecule has 0 bridgehead atoms. The summed E-state index contributed by atoms with van der Waals surface area (Å²) in [5.41, 5.74) is 4.95. The molecule has 4 atom stereocenters. The number of benzene rings is 1. The van der Waals surface area contributed by atoms with E-state index in [4.69, 9.17) is 4.98 Å². The summed E-state index contributed by atoms with van der Waals surface area (Å²) in [5.74, 6) is 0.952. The van der Waals surface area contributed by atoms with Crippen molar-refractivity contribution >= 4 is 29.6 Å². The van der Waals surface area contributed by atoms with E-state index < -0.39 is 0 Å². The molecule has 0 aliphatic carbocycles. The Hall–Kier alpha value is -3.35. The van der Waals surface area contributed by atoms with Gasteiger partial charge >= 0.3 is 131 Å². The van der Waals surface area contributed by atoms with Crippen LogP contribution < -0.4 is 10.2 Å². The number of nitrogens with zero attached hydrogens (tertiary/aromatic N) is 6. The standard InChI is InChI=1S/C28H32BN7O/c1-18-10-25-21(14-35(18)17-29-37)6-8-27(33-25)32-22-11-23-16-34(13-19(2)36(23)15-22)26-7-5-20(12-30)28-24(26)4-3-9-31-28/h3-9,18-19,22-23H,10-11,13-17H2,1-2H3,(H,32,33)/t18?,19-,22-,23+/m1/s1. The van der Waals surface area contributed by atoms with Gasteiger partial charge in [0.05, 0.1) is 11.1 Å². The van der Waals surface area contributed by atoms with Crippen LogP contribution in [0.5, 0.6) is 0 Å². The summed E-state index contributed by atoms with van der Waals surface area (Å²) in [6.07, 6.45) is 4.17. The van der Waals surface area contributed by atoms with Crippen molar-refractivity contribution in [1.29, 1.82) is 5.26 Å². The first-order chi connectivity index (χ1) is 18.0. The van der Waals surface area contributed by atoms with Crippen LogP contribution in [0.3, 0.4) is 0 Å². The Morgan fingerprint density at radius 3 is 2.86 bits per heavy atom. The molecule has 0 amide bonds. The van der Waals surface area contributed by atoms with Crippen molar-refractivity contribution in [2.75, 3.05) is 36.3 Å². The Morgan fingerprint density at radius 2 is 2.03 bits per heavy atom. The second kappa shape index (κ2) is 9.84. The van der Waals surface area contributed by atoms with Gasteiger partial charge in [0.2, 0.25) is 0 Å². The number of nitrogens with one attached hydrogen (secondary N) is 1. The summed E-state index contributed by atoms with van der Waals surface area (Å²) in [6, 6.07) is 16.1. The maximum absolute atomic E-state index is 11.0. The van der Waals surface area contributed by atoms with Crippen molar-refractivity contribution in [3.05, 3.63) is 59.4 Å². The first-order valence-electron chi connectivity index (χ1n) is 13.3. The van der Waals surface area contributed by atoms with Gasteiger partial charge in [-0.2, -0.15) is 5.26 Å². The first-order valence-corrected chi connectivity index (χ1v) is 13.3. The third-order valence-electron chi connectivity index (χ3n) is 8.36. The average Bonchev–Trinajstić information content (AvgIpc) is 3.31. The molecule has 2 fully saturated rings. The van der Waals surface area contributed by atoms with E-state index in [1.54, 1.807) is 6.20 Å². The fourth-order valence-electron chi connectivity index (χ4n) is 6.50. The van der Waals surface area contributed by atoms with Crippen LogP contribution in [0.1, 0.15) is 37.1 Å². The summed E-state index contributed by atoms with van der Waals surface area (Å²) in [6.45, 7) is 8.19. The molecule has 37 heavy (non-hydrogen) atoms. The summed E-state index contributed by atoms with van der Waals surface area (Å²) in [5, 5.41) is 14.3. The number of pyridine rings is 2. The van der Waals surface area contributed by atoms with E-state index >= 15 is 0 Å². The number of nitriles is 1. The molecule has 2 aromatic heterocycles. The normalized spacial score (nSPS) is 25.8. The molecule has 5 heterocycles. The van der Waals surface area contributed by atoms with Crippen molar-refractivity contribution in [3.8, 4) is 6.07 Å². The van der Waals surface area contributed by atoms with Crippen LogP contribution >= 0.6 is 0 Å². The molecule has 3 aliphatic heterocycles. The minimum atomic E-state index is 0.321. The zero-order chi connectivity index (χ0) is 25.5. The van der Waals surface area contributed by atoms with Gasteiger partial charge in [-0.3, -0.25) is 4.98 Å². The molecule has 1 unspecified atom stereocenters. The zero-order valence-corrected chi connectivity index (χ0v) is 21.5. The maximum atomic E-state index is 11.0. The van der Waals surface area contributed by atoms with E-state index in [0.717, 1.165) is 68.6 Å². The van der Waals surface area contributed by atoms with Crippen LogP contribution in [0.2, 0.25) is 0 Å². The molecule has 1 N–H and O–H groups in total. The minimum absolute atomic E-state index is 0.321. The summed E-state index contributed by atoms with van der Waals surface area (Å²) in [4.78, 5) is 16.8. The third kappa shape index (κ3) is 4.49. The van der Waals surface area contributed by atoms with E-state index in [-0.39, 0.29) is 0 Å². The number of rotatable bonds is 5. The van der Waals surface area contributed by atoms with Crippen molar-refractivity contribution < 1.29 is 4.70 Å². The SMILES string of the molecule is CC1Cc2nc(N[C@@H]3C[C@H]4CN(c5ccc(C#N)c6ncccc56)C[C@@H](C)N4C3)ccc2CN1CB=O. The molecule has 0 saturated carbocycles. The number of hydrogen-bond acceptors (Lipinski definition) is 8. The molecule has 3 aromatic rings. The van der Waals surface area contributed by atoms with Gasteiger partial charge in [-0.1, -0.05) is 0 Å². The predicted octanol–water partition coefficient (Wildman–Crippen LogP) is 3.02. The average molecular weight is 493 g/mol. The zero-order valence-electron chi connectivity index (χ0n) is 21.5. The summed E-state index contributed by atoms with van der Waals surface area (Å²) < 4.78 is 11.0. The first kappa shape index (κ1) is 24.0. The number of aromatic nitrogens is 2. The van der Waals surface area contributed by atoms with Crippen molar-refractivity contribution in [1.82, 2.24) is 19.8 Å². The van der Waals surface area contributed by atoms with Crippen LogP contribution in [0.15, 0.2) is 42.6 Å². The van der Waals surface area contributed by atoms with Crippen LogP contribution in [0.4, 0.5) is 11.5 Å². The number of fused-ring (bicyclic) bond motifs is 3. The van der Waals surface area contributed by atoms with Gasteiger partial charge in [0, 0.05) is 23.8 Å². The Kier molecular flexibility index (Phi) is 6.39. The number of anilines is 2. The monoisotopic (exact) mass is 493 g/mol. The number of hydrogen-bond donors (Lipinski definition) is 1. The molecule has 0 radical (unpaired) electrons. The fourth-order valence-corrected chi connectivity index (χ4v) is 6.50. The van der Waals surface area contributed by atoms with Crippen LogP contribution in [0, 0.1) is 11.3 Å². The predicted molar refractivity (Wildman–Crippen MR) is 145 cm³/mol. The van der Waals surface area contributed by atoms with E-state index in [1.807, 2.05) is 12.1 Å². The molecule has 1 aromatic carbocycles. The van der Waals surface area contributed by atoms with E-state index in [1.165, 1.54) is 11.3 Å². The van der Waals surface area contributed by atoms with Gasteiger partial charge in [0.15, 0.2) is 0 Å². The second-order valence-corrected chi connectivity index (χ2v) is 10.8. The number of piperazine rings is 1. The van der Waals surface area contributed by atoms with Crippen LogP contribution in [0.25, 0.3) is 10.9 Å². The van der Waals surface area contributed by atoms with Gasteiger partial charge in [0.25, 0.3) is 0 Å². The Labute approximate surface area is 218 Å². The molecule has 0 spiro atoms. The second-order valence-electron chi connectivity index (χ2n) is 10.8.